The number of benzene rings is 1. The molecule has 0 aromatic heterocycles. The van der Waals surface area contributed by atoms with Crippen molar-refractivity contribution in [2.45, 2.75) is 43.9 Å². The number of phenols is 1. The van der Waals surface area contributed by atoms with Gasteiger partial charge in [0, 0.05) is 5.56 Å². The number of aliphatic carboxylic acids is 1. The van der Waals surface area contributed by atoms with Crippen molar-refractivity contribution in [2.24, 2.45) is 0 Å². The van der Waals surface area contributed by atoms with Gasteiger partial charge in [-0.25, -0.2) is 0 Å². The molecule has 0 bridgehead atoms. The molecule has 0 spiro atoms. The minimum Gasteiger partial charge on any atom is -0.508 e. The van der Waals surface area contributed by atoms with Gasteiger partial charge < -0.3 is 10.2 Å². The second kappa shape index (κ2) is 3.49. The van der Waals surface area contributed by atoms with Gasteiger partial charge in [-0.3, -0.25) is 4.79 Å². The number of aryl methyl sites for hydroxylation is 1. The molecule has 3 rings (SSSR count). The first-order valence-corrected chi connectivity index (χ1v) is 6.23. The Morgan fingerprint density at radius 3 is 2.53 bits per heavy atom. The molecule has 2 aliphatic carbocycles. The molecule has 3 heteroatoms. The topological polar surface area (TPSA) is 57.5 Å². The van der Waals surface area contributed by atoms with Crippen LogP contribution in [0.3, 0.4) is 0 Å². The van der Waals surface area contributed by atoms with Crippen LogP contribution in [0.4, 0.5) is 0 Å². The van der Waals surface area contributed by atoms with Crippen LogP contribution in [0.15, 0.2) is 12.1 Å². The third-order valence-corrected chi connectivity index (χ3v) is 4.36. The summed E-state index contributed by atoms with van der Waals surface area (Å²) in [6, 6.07) is 3.61. The Morgan fingerprint density at radius 1 is 1.18 bits per heavy atom. The van der Waals surface area contributed by atoms with E-state index in [1.54, 1.807) is 6.07 Å². The summed E-state index contributed by atoms with van der Waals surface area (Å²) in [6.45, 7) is 0. The standard InChI is InChI=1S/C14H16O3/c15-11-6-5-9-3-1-4-10(9)12(11)14(13(16)17)7-2-8-14/h5-6,15H,1-4,7-8H2,(H,16,17). The molecule has 90 valence electrons. The van der Waals surface area contributed by atoms with Gasteiger partial charge in [-0.15, -0.1) is 0 Å². The molecule has 2 aliphatic rings. The number of rotatable bonds is 2. The number of carboxylic acid groups (broad SMARTS) is 1. The van der Waals surface area contributed by atoms with Gasteiger partial charge in [0.15, 0.2) is 0 Å². The van der Waals surface area contributed by atoms with Gasteiger partial charge in [0.1, 0.15) is 5.75 Å². The van der Waals surface area contributed by atoms with Crippen LogP contribution in [-0.4, -0.2) is 16.2 Å². The first kappa shape index (κ1) is 10.6. The van der Waals surface area contributed by atoms with E-state index in [-0.39, 0.29) is 5.75 Å². The first-order valence-electron chi connectivity index (χ1n) is 6.23. The van der Waals surface area contributed by atoms with Gasteiger partial charge in [0.25, 0.3) is 0 Å². The van der Waals surface area contributed by atoms with Crippen LogP contribution >= 0.6 is 0 Å². The highest BCUT2D eigenvalue weighted by atomic mass is 16.4. The van der Waals surface area contributed by atoms with E-state index in [1.807, 2.05) is 6.07 Å². The van der Waals surface area contributed by atoms with Gasteiger partial charge in [-0.1, -0.05) is 12.5 Å². The average Bonchev–Trinajstić information content (AvgIpc) is 2.67. The summed E-state index contributed by atoms with van der Waals surface area (Å²) in [5, 5.41) is 19.5. The van der Waals surface area contributed by atoms with Crippen LogP contribution < -0.4 is 0 Å². The highest BCUT2D eigenvalue weighted by Crippen LogP contribution is 2.50. The Labute approximate surface area is 100 Å². The Kier molecular flexibility index (Phi) is 2.18. The van der Waals surface area contributed by atoms with Gasteiger partial charge in [0.05, 0.1) is 5.41 Å². The largest absolute Gasteiger partial charge is 0.508 e. The predicted octanol–water partition coefficient (Wildman–Crippen LogP) is 2.39. The summed E-state index contributed by atoms with van der Waals surface area (Å²) >= 11 is 0. The van der Waals surface area contributed by atoms with Crippen molar-refractivity contribution in [2.75, 3.05) is 0 Å². The molecular weight excluding hydrogens is 216 g/mol. The maximum atomic E-state index is 11.5. The van der Waals surface area contributed by atoms with E-state index in [9.17, 15) is 15.0 Å². The van der Waals surface area contributed by atoms with Crippen molar-refractivity contribution < 1.29 is 15.0 Å². The van der Waals surface area contributed by atoms with Crippen LogP contribution in [0.2, 0.25) is 0 Å². The van der Waals surface area contributed by atoms with Crippen LogP contribution in [0.1, 0.15) is 42.4 Å². The quantitative estimate of drug-likeness (QED) is 0.823. The summed E-state index contributed by atoms with van der Waals surface area (Å²) < 4.78 is 0. The molecule has 0 saturated heterocycles. The smallest absolute Gasteiger partial charge is 0.314 e. The molecule has 0 radical (unpaired) electrons. The van der Waals surface area contributed by atoms with Crippen molar-refractivity contribution in [1.82, 2.24) is 0 Å². The average molecular weight is 232 g/mol. The number of hydrogen-bond donors (Lipinski definition) is 2. The number of carboxylic acids is 1. The lowest BCUT2D eigenvalue weighted by Gasteiger charge is -2.39. The number of hydrogen-bond acceptors (Lipinski definition) is 2. The van der Waals surface area contributed by atoms with Crippen molar-refractivity contribution in [3.05, 3.63) is 28.8 Å². The predicted molar refractivity (Wildman–Crippen MR) is 63.3 cm³/mol. The molecule has 0 atom stereocenters. The zero-order valence-electron chi connectivity index (χ0n) is 9.70. The van der Waals surface area contributed by atoms with Crippen molar-refractivity contribution in [3.63, 3.8) is 0 Å². The normalized spacial score (nSPS) is 20.7. The van der Waals surface area contributed by atoms with E-state index in [2.05, 4.69) is 0 Å². The summed E-state index contributed by atoms with van der Waals surface area (Å²) in [7, 11) is 0. The molecule has 2 N–H and O–H groups in total. The summed E-state index contributed by atoms with van der Waals surface area (Å²) in [5.74, 6) is -0.605. The van der Waals surface area contributed by atoms with Crippen LogP contribution in [0, 0.1) is 0 Å². The van der Waals surface area contributed by atoms with Crippen LogP contribution in [0.5, 0.6) is 5.75 Å². The van der Waals surface area contributed by atoms with Gasteiger partial charge >= 0.3 is 5.97 Å². The molecule has 0 unspecified atom stereocenters. The minimum atomic E-state index is -0.806. The number of carbonyl (C=O) groups is 1. The zero-order chi connectivity index (χ0) is 12.0. The maximum Gasteiger partial charge on any atom is 0.314 e. The monoisotopic (exact) mass is 232 g/mol. The van der Waals surface area contributed by atoms with Crippen molar-refractivity contribution in [3.8, 4) is 5.75 Å². The van der Waals surface area contributed by atoms with Crippen molar-refractivity contribution >= 4 is 5.97 Å². The molecule has 0 aliphatic heterocycles. The molecule has 0 heterocycles. The fourth-order valence-corrected chi connectivity index (χ4v) is 3.29. The number of phenolic OH excluding ortho intramolecular Hbond substituents is 1. The van der Waals surface area contributed by atoms with Crippen LogP contribution in [-0.2, 0) is 23.1 Å². The third-order valence-electron chi connectivity index (χ3n) is 4.36. The van der Waals surface area contributed by atoms with E-state index in [0.717, 1.165) is 31.2 Å². The van der Waals surface area contributed by atoms with E-state index >= 15 is 0 Å². The highest BCUT2D eigenvalue weighted by molar-refractivity contribution is 5.84. The van der Waals surface area contributed by atoms with Crippen LogP contribution in [0.25, 0.3) is 0 Å². The minimum absolute atomic E-state index is 0.174. The summed E-state index contributed by atoms with van der Waals surface area (Å²) in [5.41, 5.74) is 2.24. The highest BCUT2D eigenvalue weighted by Gasteiger charge is 2.49. The molecule has 1 fully saturated rings. The Balaban J connectivity index is 2.20. The van der Waals surface area contributed by atoms with E-state index in [0.29, 0.717) is 18.4 Å². The SMILES string of the molecule is O=C(O)C1(c2c(O)ccc3c2CCC3)CCC1. The Hall–Kier alpha value is -1.51. The molecule has 1 saturated carbocycles. The van der Waals surface area contributed by atoms with Crippen molar-refractivity contribution in [1.29, 1.82) is 0 Å². The second-order valence-electron chi connectivity index (χ2n) is 5.19. The van der Waals surface area contributed by atoms with Gasteiger partial charge in [0.2, 0.25) is 0 Å². The first-order chi connectivity index (χ1) is 8.15. The molecule has 1 aromatic carbocycles. The second-order valence-corrected chi connectivity index (χ2v) is 5.19. The van der Waals surface area contributed by atoms with Gasteiger partial charge in [-0.05, 0) is 49.3 Å². The van der Waals surface area contributed by atoms with Gasteiger partial charge in [-0.2, -0.15) is 0 Å². The number of aromatic hydroxyl groups is 1. The summed E-state index contributed by atoms with van der Waals surface area (Å²) in [6.07, 6.45) is 5.25. The van der Waals surface area contributed by atoms with E-state index in [1.165, 1.54) is 5.56 Å². The maximum absolute atomic E-state index is 11.5. The lowest BCUT2D eigenvalue weighted by Crippen LogP contribution is -2.43. The zero-order valence-corrected chi connectivity index (χ0v) is 9.70. The summed E-state index contributed by atoms with van der Waals surface area (Å²) in [4.78, 5) is 11.5. The molecule has 0 amide bonds. The molecular formula is C14H16O3. The fraction of sp³-hybridized carbons (Fsp3) is 0.500. The fourth-order valence-electron chi connectivity index (χ4n) is 3.29. The lowest BCUT2D eigenvalue weighted by atomic mass is 9.62. The molecule has 17 heavy (non-hydrogen) atoms. The van der Waals surface area contributed by atoms with E-state index < -0.39 is 11.4 Å². The third kappa shape index (κ3) is 1.31. The molecule has 3 nitrogen and oxygen atoms in total. The molecule has 1 aromatic rings. The lowest BCUT2D eigenvalue weighted by molar-refractivity contribution is -0.147. The van der Waals surface area contributed by atoms with E-state index in [4.69, 9.17) is 0 Å². The number of fused-ring (bicyclic) bond motifs is 1. The Bertz CT molecular complexity index is 486. The Morgan fingerprint density at radius 2 is 1.94 bits per heavy atom.